The van der Waals surface area contributed by atoms with E-state index in [1.54, 1.807) is 4.90 Å². The molecule has 2 heterocycles. The van der Waals surface area contributed by atoms with Crippen molar-refractivity contribution in [1.82, 2.24) is 15.1 Å². The Morgan fingerprint density at radius 3 is 2.70 bits per heavy atom. The van der Waals surface area contributed by atoms with Crippen LogP contribution in [0.2, 0.25) is 5.02 Å². The lowest BCUT2D eigenvalue weighted by atomic mass is 9.98. The normalized spacial score (nSPS) is 22.3. The molecule has 0 saturated carbocycles. The molecule has 0 aromatic heterocycles. The quantitative estimate of drug-likeness (QED) is 0.911. The maximum Gasteiger partial charge on any atom is 0.242 e. The van der Waals surface area contributed by atoms with Gasteiger partial charge in [0.15, 0.2) is 0 Å². The number of nitrogens with zero attached hydrogens (tertiary/aromatic N) is 2. The highest BCUT2D eigenvalue weighted by Gasteiger charge is 2.31. The zero-order chi connectivity index (χ0) is 16.2. The van der Waals surface area contributed by atoms with Gasteiger partial charge in [-0.3, -0.25) is 9.59 Å². The van der Waals surface area contributed by atoms with Crippen molar-refractivity contribution in [1.29, 1.82) is 0 Å². The third-order valence-electron chi connectivity index (χ3n) is 4.56. The number of piperazine rings is 1. The van der Waals surface area contributed by atoms with Crippen molar-refractivity contribution in [2.45, 2.75) is 19.4 Å². The van der Waals surface area contributed by atoms with Gasteiger partial charge in [-0.05, 0) is 37.1 Å². The van der Waals surface area contributed by atoms with Gasteiger partial charge in [-0.25, -0.2) is 0 Å². The summed E-state index contributed by atoms with van der Waals surface area (Å²) in [5.74, 6) is 0.166. The van der Waals surface area contributed by atoms with Crippen molar-refractivity contribution in [3.63, 3.8) is 0 Å². The van der Waals surface area contributed by atoms with Crippen molar-refractivity contribution in [3.8, 4) is 0 Å². The number of hydrogen-bond acceptors (Lipinski definition) is 3. The van der Waals surface area contributed by atoms with Gasteiger partial charge in [0, 0.05) is 31.2 Å². The Balaban J connectivity index is 1.55. The van der Waals surface area contributed by atoms with E-state index in [1.165, 1.54) is 0 Å². The molecule has 3 rings (SSSR count). The molecule has 0 bridgehead atoms. The smallest absolute Gasteiger partial charge is 0.242 e. The fourth-order valence-corrected chi connectivity index (χ4v) is 3.32. The van der Waals surface area contributed by atoms with Gasteiger partial charge in [-0.15, -0.1) is 0 Å². The van der Waals surface area contributed by atoms with Crippen LogP contribution in [-0.4, -0.2) is 54.3 Å². The maximum absolute atomic E-state index is 12.5. The summed E-state index contributed by atoms with van der Waals surface area (Å²) < 4.78 is 0. The molecule has 0 aliphatic carbocycles. The molecule has 1 unspecified atom stereocenters. The van der Waals surface area contributed by atoms with Gasteiger partial charge in [-0.2, -0.15) is 0 Å². The summed E-state index contributed by atoms with van der Waals surface area (Å²) >= 11 is 5.88. The molecule has 2 amide bonds. The number of nitrogens with one attached hydrogen (secondary N) is 1. The number of amides is 2. The van der Waals surface area contributed by atoms with E-state index < -0.39 is 0 Å². The van der Waals surface area contributed by atoms with E-state index in [0.29, 0.717) is 24.7 Å². The Hall–Kier alpha value is -1.59. The second-order valence-electron chi connectivity index (χ2n) is 6.24. The molecule has 1 atom stereocenters. The van der Waals surface area contributed by atoms with Crippen LogP contribution in [-0.2, 0) is 16.1 Å². The molecule has 2 aliphatic heterocycles. The highest BCUT2D eigenvalue weighted by Crippen LogP contribution is 2.17. The summed E-state index contributed by atoms with van der Waals surface area (Å²) in [5, 5.41) is 3.95. The van der Waals surface area contributed by atoms with Gasteiger partial charge < -0.3 is 15.1 Å². The second-order valence-corrected chi connectivity index (χ2v) is 6.68. The first-order valence-electron chi connectivity index (χ1n) is 8.15. The lowest BCUT2D eigenvalue weighted by Crippen LogP contribution is -2.54. The van der Waals surface area contributed by atoms with Crippen LogP contribution in [0.25, 0.3) is 0 Å². The van der Waals surface area contributed by atoms with E-state index in [4.69, 9.17) is 11.6 Å². The number of benzene rings is 1. The summed E-state index contributed by atoms with van der Waals surface area (Å²) in [4.78, 5) is 28.4. The Bertz CT molecular complexity index is 570. The summed E-state index contributed by atoms with van der Waals surface area (Å²) in [6.45, 7) is 3.70. The zero-order valence-electron chi connectivity index (χ0n) is 13.1. The predicted molar refractivity (Wildman–Crippen MR) is 89.0 cm³/mol. The van der Waals surface area contributed by atoms with E-state index in [2.05, 4.69) is 5.32 Å². The minimum atomic E-state index is 0.0170. The fourth-order valence-electron chi connectivity index (χ4n) is 3.19. The van der Waals surface area contributed by atoms with Crippen molar-refractivity contribution < 1.29 is 9.59 Å². The van der Waals surface area contributed by atoms with Gasteiger partial charge in [0.05, 0.1) is 12.5 Å². The molecule has 124 valence electrons. The van der Waals surface area contributed by atoms with Gasteiger partial charge in [0.2, 0.25) is 11.8 Å². The first-order chi connectivity index (χ1) is 11.1. The molecule has 5 nitrogen and oxygen atoms in total. The Kier molecular flexibility index (Phi) is 5.18. The minimum Gasteiger partial charge on any atom is -0.335 e. The monoisotopic (exact) mass is 335 g/mol. The molecule has 2 aliphatic rings. The average molecular weight is 336 g/mol. The van der Waals surface area contributed by atoms with E-state index in [0.717, 1.165) is 31.5 Å². The van der Waals surface area contributed by atoms with Crippen LogP contribution in [0, 0.1) is 5.92 Å². The van der Waals surface area contributed by atoms with Crippen LogP contribution in [0.1, 0.15) is 18.4 Å². The molecule has 2 fully saturated rings. The minimum absolute atomic E-state index is 0.0170. The van der Waals surface area contributed by atoms with Crippen LogP contribution in [0.5, 0.6) is 0 Å². The lowest BCUT2D eigenvalue weighted by Gasteiger charge is -2.36. The Labute approximate surface area is 141 Å². The highest BCUT2D eigenvalue weighted by molar-refractivity contribution is 6.30. The molecule has 1 aromatic carbocycles. The topological polar surface area (TPSA) is 52.7 Å². The van der Waals surface area contributed by atoms with Crippen LogP contribution in [0.4, 0.5) is 0 Å². The predicted octanol–water partition coefficient (Wildman–Crippen LogP) is 1.51. The lowest BCUT2D eigenvalue weighted by molar-refractivity contribution is -0.148. The molecular weight excluding hydrogens is 314 g/mol. The standard InChI is InChI=1S/C17H22ClN3O2/c18-15-5-3-13(4-6-15)11-20-8-9-21(12-16(20)22)17(23)14-2-1-7-19-10-14/h3-6,14,19H,1-2,7-12H2. The van der Waals surface area contributed by atoms with Gasteiger partial charge in [-0.1, -0.05) is 23.7 Å². The largest absolute Gasteiger partial charge is 0.335 e. The number of halogens is 1. The molecule has 1 N–H and O–H groups in total. The number of carbonyl (C=O) groups excluding carboxylic acids is 2. The summed E-state index contributed by atoms with van der Waals surface area (Å²) in [6.07, 6.45) is 1.95. The third kappa shape index (κ3) is 4.03. The Morgan fingerprint density at radius 1 is 1.26 bits per heavy atom. The summed E-state index contributed by atoms with van der Waals surface area (Å²) in [5.41, 5.74) is 1.05. The molecule has 0 spiro atoms. The molecule has 1 aromatic rings. The van der Waals surface area contributed by atoms with Gasteiger partial charge in [0.25, 0.3) is 0 Å². The molecular formula is C17H22ClN3O2. The number of rotatable bonds is 3. The number of hydrogen-bond donors (Lipinski definition) is 1. The van der Waals surface area contributed by atoms with E-state index in [1.807, 2.05) is 29.2 Å². The van der Waals surface area contributed by atoms with Crippen LogP contribution in [0.3, 0.4) is 0 Å². The maximum atomic E-state index is 12.5. The third-order valence-corrected chi connectivity index (χ3v) is 4.82. The van der Waals surface area contributed by atoms with Crippen LogP contribution >= 0.6 is 11.6 Å². The van der Waals surface area contributed by atoms with Crippen molar-refractivity contribution in [3.05, 3.63) is 34.9 Å². The van der Waals surface area contributed by atoms with E-state index in [9.17, 15) is 9.59 Å². The second kappa shape index (κ2) is 7.32. The SMILES string of the molecule is O=C1CN(C(=O)C2CCCNC2)CCN1Cc1ccc(Cl)cc1. The Morgan fingerprint density at radius 2 is 2.04 bits per heavy atom. The van der Waals surface area contributed by atoms with Crippen molar-refractivity contribution in [2.75, 3.05) is 32.7 Å². The van der Waals surface area contributed by atoms with Gasteiger partial charge >= 0.3 is 0 Å². The highest BCUT2D eigenvalue weighted by atomic mass is 35.5. The molecule has 2 saturated heterocycles. The summed E-state index contributed by atoms with van der Waals surface area (Å²) in [6, 6.07) is 7.52. The zero-order valence-corrected chi connectivity index (χ0v) is 13.9. The number of piperidine rings is 1. The number of carbonyl (C=O) groups is 2. The van der Waals surface area contributed by atoms with Crippen LogP contribution < -0.4 is 5.32 Å². The first-order valence-corrected chi connectivity index (χ1v) is 8.53. The fraction of sp³-hybridized carbons (Fsp3) is 0.529. The van der Waals surface area contributed by atoms with Crippen molar-refractivity contribution in [2.24, 2.45) is 5.92 Å². The van der Waals surface area contributed by atoms with Crippen LogP contribution in [0.15, 0.2) is 24.3 Å². The van der Waals surface area contributed by atoms with E-state index in [-0.39, 0.29) is 24.3 Å². The molecule has 6 heteroatoms. The molecule has 0 radical (unpaired) electrons. The van der Waals surface area contributed by atoms with E-state index >= 15 is 0 Å². The van der Waals surface area contributed by atoms with Gasteiger partial charge in [0.1, 0.15) is 0 Å². The molecule has 23 heavy (non-hydrogen) atoms. The average Bonchev–Trinajstić information content (AvgIpc) is 2.59. The summed E-state index contributed by atoms with van der Waals surface area (Å²) in [7, 11) is 0. The van der Waals surface area contributed by atoms with Crippen molar-refractivity contribution >= 4 is 23.4 Å². The first kappa shape index (κ1) is 16.3.